The second-order valence-corrected chi connectivity index (χ2v) is 10.3. The molecule has 172 valence electrons. The zero-order chi connectivity index (χ0) is 22.9. The van der Waals surface area contributed by atoms with E-state index in [1.54, 1.807) is 11.0 Å². The van der Waals surface area contributed by atoms with Gasteiger partial charge in [-0.05, 0) is 52.9 Å². The molecular weight excluding hydrogens is 428 g/mol. The SMILES string of the molecule is C[NH+](C)C1(c2nnnn2[C@H]([C@@H](Oc2ccc(Cl)cc2)n2cncn2)C(C)(C)C)CCCC1. The maximum atomic E-state index is 6.52. The maximum Gasteiger partial charge on any atom is 0.215 e. The molecule has 0 unspecified atom stereocenters. The third kappa shape index (κ3) is 4.23. The summed E-state index contributed by atoms with van der Waals surface area (Å²) in [7, 11) is 4.38. The van der Waals surface area contributed by atoms with Crippen LogP contribution >= 0.6 is 11.6 Å². The molecule has 10 heteroatoms. The van der Waals surface area contributed by atoms with Crippen molar-refractivity contribution in [3.8, 4) is 5.75 Å². The molecule has 2 aromatic heterocycles. The van der Waals surface area contributed by atoms with Crippen LogP contribution in [0.15, 0.2) is 36.9 Å². The molecule has 3 aromatic rings. The van der Waals surface area contributed by atoms with E-state index in [-0.39, 0.29) is 17.0 Å². The van der Waals surface area contributed by atoms with Gasteiger partial charge in [0.05, 0.1) is 14.1 Å². The maximum absolute atomic E-state index is 6.52. The highest BCUT2D eigenvalue weighted by Gasteiger charge is 2.50. The summed E-state index contributed by atoms with van der Waals surface area (Å²) in [5.41, 5.74) is -0.380. The van der Waals surface area contributed by atoms with Crippen LogP contribution in [-0.2, 0) is 5.54 Å². The van der Waals surface area contributed by atoms with E-state index in [0.717, 1.165) is 18.7 Å². The average Bonchev–Trinajstić information content (AvgIpc) is 3.49. The fraction of sp³-hybridized carbons (Fsp3) is 0.591. The van der Waals surface area contributed by atoms with Crippen molar-refractivity contribution in [1.82, 2.24) is 35.0 Å². The van der Waals surface area contributed by atoms with E-state index in [1.165, 1.54) is 24.1 Å². The van der Waals surface area contributed by atoms with Crippen LogP contribution in [0.25, 0.3) is 0 Å². The lowest BCUT2D eigenvalue weighted by Gasteiger charge is -2.39. The predicted octanol–water partition coefficient (Wildman–Crippen LogP) is 2.70. The first-order chi connectivity index (χ1) is 15.2. The first kappa shape index (κ1) is 22.7. The minimum Gasteiger partial charge on any atom is -0.466 e. The van der Waals surface area contributed by atoms with E-state index in [4.69, 9.17) is 16.3 Å². The molecular formula is C22H32ClN8O+. The number of nitrogens with one attached hydrogen (secondary N) is 1. The van der Waals surface area contributed by atoms with Gasteiger partial charge in [-0.2, -0.15) is 5.10 Å². The molecule has 1 aliphatic carbocycles. The molecule has 32 heavy (non-hydrogen) atoms. The monoisotopic (exact) mass is 459 g/mol. The zero-order valence-electron chi connectivity index (χ0n) is 19.4. The number of rotatable bonds is 7. The molecule has 4 rings (SSSR count). The number of hydrogen-bond acceptors (Lipinski definition) is 6. The minimum atomic E-state index is -0.517. The quantitative estimate of drug-likeness (QED) is 0.584. The Morgan fingerprint density at radius 1 is 1.12 bits per heavy atom. The Kier molecular flexibility index (Phi) is 6.22. The van der Waals surface area contributed by atoms with Crippen molar-refractivity contribution < 1.29 is 9.64 Å². The van der Waals surface area contributed by atoms with Gasteiger partial charge in [0.15, 0.2) is 5.54 Å². The molecule has 0 bridgehead atoms. The van der Waals surface area contributed by atoms with Crippen molar-refractivity contribution in [1.29, 1.82) is 0 Å². The van der Waals surface area contributed by atoms with Gasteiger partial charge in [0.25, 0.3) is 0 Å². The van der Waals surface area contributed by atoms with Crippen LogP contribution in [0.1, 0.15) is 64.5 Å². The zero-order valence-corrected chi connectivity index (χ0v) is 20.1. The average molecular weight is 460 g/mol. The third-order valence-electron chi connectivity index (χ3n) is 6.52. The molecule has 1 saturated carbocycles. The highest BCUT2D eigenvalue weighted by atomic mass is 35.5. The summed E-state index contributed by atoms with van der Waals surface area (Å²) in [6.07, 6.45) is 7.12. The summed E-state index contributed by atoms with van der Waals surface area (Å²) in [5, 5.41) is 18.3. The lowest BCUT2D eigenvalue weighted by molar-refractivity contribution is -0.924. The Hall–Kier alpha value is -2.52. The fourth-order valence-corrected chi connectivity index (χ4v) is 4.93. The summed E-state index contributed by atoms with van der Waals surface area (Å²) in [5.74, 6) is 1.59. The molecule has 9 nitrogen and oxygen atoms in total. The van der Waals surface area contributed by atoms with E-state index in [0.29, 0.717) is 10.8 Å². The molecule has 0 radical (unpaired) electrons. The van der Waals surface area contributed by atoms with E-state index >= 15 is 0 Å². The number of tetrazole rings is 1. The van der Waals surface area contributed by atoms with Crippen molar-refractivity contribution in [2.45, 2.75) is 64.3 Å². The van der Waals surface area contributed by atoms with Gasteiger partial charge in [0.1, 0.15) is 24.4 Å². The fourth-order valence-electron chi connectivity index (χ4n) is 4.80. The van der Waals surface area contributed by atoms with Crippen molar-refractivity contribution in [2.75, 3.05) is 14.1 Å². The van der Waals surface area contributed by atoms with Gasteiger partial charge in [0.2, 0.25) is 12.1 Å². The second-order valence-electron chi connectivity index (χ2n) is 9.88. The highest BCUT2D eigenvalue weighted by Crippen LogP contribution is 2.43. The molecule has 1 aliphatic rings. The summed E-state index contributed by atoms with van der Waals surface area (Å²) >= 11 is 6.09. The Labute approximate surface area is 193 Å². The van der Waals surface area contributed by atoms with Crippen molar-refractivity contribution >= 4 is 11.6 Å². The lowest BCUT2D eigenvalue weighted by atomic mass is 9.84. The van der Waals surface area contributed by atoms with Crippen molar-refractivity contribution in [3.05, 3.63) is 47.8 Å². The topological polar surface area (TPSA) is 88.0 Å². The van der Waals surface area contributed by atoms with Crippen molar-refractivity contribution in [3.63, 3.8) is 0 Å². The van der Waals surface area contributed by atoms with Crippen LogP contribution < -0.4 is 9.64 Å². The number of halogens is 1. The number of hydrogen-bond donors (Lipinski definition) is 1. The van der Waals surface area contributed by atoms with E-state index in [9.17, 15) is 0 Å². The van der Waals surface area contributed by atoms with Gasteiger partial charge in [-0.25, -0.2) is 14.3 Å². The lowest BCUT2D eigenvalue weighted by Crippen LogP contribution is -3.13. The number of ether oxygens (including phenoxy) is 1. The Morgan fingerprint density at radius 3 is 2.38 bits per heavy atom. The van der Waals surface area contributed by atoms with Crippen LogP contribution in [0, 0.1) is 5.41 Å². The summed E-state index contributed by atoms with van der Waals surface area (Å²) in [6.45, 7) is 6.51. The predicted molar refractivity (Wildman–Crippen MR) is 120 cm³/mol. The normalized spacial score (nSPS) is 18.1. The first-order valence-electron chi connectivity index (χ1n) is 11.1. The largest absolute Gasteiger partial charge is 0.466 e. The second kappa shape index (κ2) is 8.78. The number of quaternary nitrogens is 1. The van der Waals surface area contributed by atoms with E-state index in [2.05, 4.69) is 60.5 Å². The Balaban J connectivity index is 1.83. The summed E-state index contributed by atoms with van der Waals surface area (Å²) in [6, 6.07) is 7.09. The van der Waals surface area contributed by atoms with Crippen LogP contribution in [0.3, 0.4) is 0 Å². The van der Waals surface area contributed by atoms with Gasteiger partial charge in [-0.15, -0.1) is 5.10 Å². The van der Waals surface area contributed by atoms with Crippen LogP contribution in [0.4, 0.5) is 0 Å². The minimum absolute atomic E-state index is 0.125. The molecule has 1 aromatic carbocycles. The number of nitrogens with zero attached hydrogens (tertiary/aromatic N) is 7. The molecule has 0 spiro atoms. The molecule has 0 saturated heterocycles. The van der Waals surface area contributed by atoms with Crippen molar-refractivity contribution in [2.24, 2.45) is 5.41 Å². The molecule has 2 heterocycles. The molecule has 1 N–H and O–H groups in total. The molecule has 1 fully saturated rings. The first-order valence-corrected chi connectivity index (χ1v) is 11.5. The summed E-state index contributed by atoms with van der Waals surface area (Å²) < 4.78 is 10.2. The molecule has 0 amide bonds. The van der Waals surface area contributed by atoms with E-state index < -0.39 is 6.23 Å². The third-order valence-corrected chi connectivity index (χ3v) is 6.78. The van der Waals surface area contributed by atoms with Gasteiger partial charge < -0.3 is 9.64 Å². The number of benzene rings is 1. The highest BCUT2D eigenvalue weighted by molar-refractivity contribution is 6.30. The number of aromatic nitrogens is 7. The Morgan fingerprint density at radius 2 is 1.81 bits per heavy atom. The van der Waals surface area contributed by atoms with E-state index in [1.807, 2.05) is 28.9 Å². The van der Waals surface area contributed by atoms with Crippen LogP contribution in [0.5, 0.6) is 5.75 Å². The standard InChI is InChI=1S/C22H31ClN8O/c1-21(2,3)18(31-20(26-27-28-31)22(29(4)5)12-6-7-13-22)19(30-15-24-14-25-30)32-17-10-8-16(23)9-11-17/h8-11,14-15,18-19H,6-7,12-13H2,1-5H3/p+1/t18-,19-/m1/s1. The molecule has 0 aliphatic heterocycles. The van der Waals surface area contributed by atoms with Crippen LogP contribution in [-0.4, -0.2) is 49.1 Å². The Bertz CT molecular complexity index is 1000. The van der Waals surface area contributed by atoms with Crippen LogP contribution in [0.2, 0.25) is 5.02 Å². The van der Waals surface area contributed by atoms with Gasteiger partial charge in [-0.1, -0.05) is 32.4 Å². The van der Waals surface area contributed by atoms with Gasteiger partial charge in [-0.3, -0.25) is 0 Å². The van der Waals surface area contributed by atoms with Gasteiger partial charge >= 0.3 is 0 Å². The molecule has 2 atom stereocenters. The van der Waals surface area contributed by atoms with Gasteiger partial charge in [0, 0.05) is 17.9 Å². The smallest absolute Gasteiger partial charge is 0.215 e. The summed E-state index contributed by atoms with van der Waals surface area (Å²) in [4.78, 5) is 5.51.